The van der Waals surface area contributed by atoms with E-state index < -0.39 is 5.82 Å². The molecule has 39 heavy (non-hydrogen) atoms. The highest BCUT2D eigenvalue weighted by atomic mass is 35.5. The zero-order valence-corrected chi connectivity index (χ0v) is 23.2. The van der Waals surface area contributed by atoms with E-state index in [0.29, 0.717) is 17.3 Å². The van der Waals surface area contributed by atoms with Crippen molar-refractivity contribution in [3.63, 3.8) is 0 Å². The standard InChI is InChI=1S/C30H33ClFN5O2/c1-19-17-35(3)14-15-36(19)29(33-2)22-16-23(31)28(27-24(32)11-7-13-26(27)39)34-30(22)37(18-38)25-12-5-4-10-21(25)20-8-6-9-20/h4-5,7,10-13,16,18-20,39H,6,8-9,14-15,17H2,1-3H3. The van der Waals surface area contributed by atoms with Crippen LogP contribution in [0.4, 0.5) is 15.9 Å². The number of carbonyl (C=O) groups excluding carboxylic acids is 1. The lowest BCUT2D eigenvalue weighted by Gasteiger charge is -2.40. The van der Waals surface area contributed by atoms with Crippen molar-refractivity contribution in [2.45, 2.75) is 38.1 Å². The Balaban J connectivity index is 1.73. The van der Waals surface area contributed by atoms with Crippen LogP contribution in [0.15, 0.2) is 53.5 Å². The van der Waals surface area contributed by atoms with Gasteiger partial charge in [-0.3, -0.25) is 14.7 Å². The molecule has 3 aromatic rings. The highest BCUT2D eigenvalue weighted by Crippen LogP contribution is 2.44. The van der Waals surface area contributed by atoms with Crippen molar-refractivity contribution in [3.05, 3.63) is 70.5 Å². The number of hydrogen-bond acceptors (Lipinski definition) is 5. The van der Waals surface area contributed by atoms with Crippen molar-refractivity contribution in [3.8, 4) is 17.0 Å². The van der Waals surface area contributed by atoms with Gasteiger partial charge in [-0.2, -0.15) is 0 Å². The molecule has 0 bridgehead atoms. The molecular weight excluding hydrogens is 517 g/mol. The van der Waals surface area contributed by atoms with Gasteiger partial charge in [0.15, 0.2) is 5.82 Å². The summed E-state index contributed by atoms with van der Waals surface area (Å²) in [6.45, 7) is 4.56. The average molecular weight is 550 g/mol. The molecule has 204 valence electrons. The molecule has 2 aromatic carbocycles. The van der Waals surface area contributed by atoms with Gasteiger partial charge < -0.3 is 14.9 Å². The molecule has 5 rings (SSSR count). The number of likely N-dealkylation sites (N-methyl/N-ethyl adjacent to an activating group) is 1. The zero-order valence-electron chi connectivity index (χ0n) is 22.4. The summed E-state index contributed by atoms with van der Waals surface area (Å²) in [5, 5.41) is 10.7. The van der Waals surface area contributed by atoms with E-state index in [-0.39, 0.29) is 33.9 Å². The summed E-state index contributed by atoms with van der Waals surface area (Å²) in [4.78, 5) is 28.3. The number of hydrogen-bond donors (Lipinski definition) is 1. The van der Waals surface area contributed by atoms with E-state index in [9.17, 15) is 9.90 Å². The van der Waals surface area contributed by atoms with Gasteiger partial charge in [0.2, 0.25) is 6.41 Å². The van der Waals surface area contributed by atoms with Crippen molar-refractivity contribution >= 4 is 35.4 Å². The zero-order chi connectivity index (χ0) is 27.7. The van der Waals surface area contributed by atoms with Crippen LogP contribution in [0, 0.1) is 5.82 Å². The number of nitrogens with zero attached hydrogens (tertiary/aromatic N) is 5. The van der Waals surface area contributed by atoms with E-state index in [2.05, 4.69) is 28.8 Å². The Morgan fingerprint density at radius 2 is 1.97 bits per heavy atom. The van der Waals surface area contributed by atoms with E-state index in [4.69, 9.17) is 16.6 Å². The highest BCUT2D eigenvalue weighted by molar-refractivity contribution is 6.33. The second-order valence-corrected chi connectivity index (χ2v) is 10.7. The predicted molar refractivity (Wildman–Crippen MR) is 154 cm³/mol. The van der Waals surface area contributed by atoms with Crippen molar-refractivity contribution < 1.29 is 14.3 Å². The van der Waals surface area contributed by atoms with E-state index in [1.165, 1.54) is 23.1 Å². The molecule has 1 amide bonds. The molecule has 2 fully saturated rings. The Morgan fingerprint density at radius 3 is 2.62 bits per heavy atom. The lowest BCUT2D eigenvalue weighted by molar-refractivity contribution is -0.106. The number of carbonyl (C=O) groups is 1. The molecule has 1 saturated heterocycles. The summed E-state index contributed by atoms with van der Waals surface area (Å²) >= 11 is 6.76. The lowest BCUT2D eigenvalue weighted by Crippen LogP contribution is -2.53. The van der Waals surface area contributed by atoms with Gasteiger partial charge in [-0.1, -0.05) is 42.3 Å². The van der Waals surface area contributed by atoms with Crippen LogP contribution in [-0.2, 0) is 4.79 Å². The summed E-state index contributed by atoms with van der Waals surface area (Å²) in [6.07, 6.45) is 4.00. The fraction of sp³-hybridized carbons (Fsp3) is 0.367. The molecule has 1 aliphatic heterocycles. The summed E-state index contributed by atoms with van der Waals surface area (Å²) in [7, 11) is 3.80. The molecule has 1 N–H and O–H groups in total. The fourth-order valence-electron chi connectivity index (χ4n) is 5.60. The summed E-state index contributed by atoms with van der Waals surface area (Å²) in [6, 6.07) is 13.7. The number of pyridine rings is 1. The minimum absolute atomic E-state index is 0.0564. The van der Waals surface area contributed by atoms with E-state index in [1.54, 1.807) is 13.1 Å². The Kier molecular flexibility index (Phi) is 7.86. The number of benzene rings is 2. The van der Waals surface area contributed by atoms with Crippen LogP contribution in [0.5, 0.6) is 5.75 Å². The number of amidine groups is 1. The summed E-state index contributed by atoms with van der Waals surface area (Å²) in [5.74, 6) is 0.342. The number of rotatable bonds is 6. The highest BCUT2D eigenvalue weighted by Gasteiger charge is 2.32. The number of amides is 1. The van der Waals surface area contributed by atoms with Gasteiger partial charge >= 0.3 is 0 Å². The maximum absolute atomic E-state index is 15.0. The lowest BCUT2D eigenvalue weighted by atomic mass is 9.79. The van der Waals surface area contributed by atoms with Crippen LogP contribution in [0.3, 0.4) is 0 Å². The third kappa shape index (κ3) is 5.11. The van der Waals surface area contributed by atoms with Gasteiger partial charge in [-0.25, -0.2) is 9.37 Å². The topological polar surface area (TPSA) is 72.3 Å². The molecule has 9 heteroatoms. The number of anilines is 2. The molecule has 2 aliphatic rings. The van der Waals surface area contributed by atoms with E-state index in [0.717, 1.165) is 56.6 Å². The van der Waals surface area contributed by atoms with Crippen LogP contribution in [0.25, 0.3) is 11.3 Å². The van der Waals surface area contributed by atoms with E-state index >= 15 is 4.39 Å². The minimum atomic E-state index is -0.660. The van der Waals surface area contributed by atoms with Crippen LogP contribution in [-0.4, -0.2) is 71.9 Å². The summed E-state index contributed by atoms with van der Waals surface area (Å²) < 4.78 is 15.0. The molecule has 1 atom stereocenters. The second-order valence-electron chi connectivity index (χ2n) is 10.3. The monoisotopic (exact) mass is 549 g/mol. The third-order valence-corrected chi connectivity index (χ3v) is 8.10. The maximum atomic E-state index is 15.0. The quantitative estimate of drug-likeness (QED) is 0.238. The summed E-state index contributed by atoms with van der Waals surface area (Å²) in [5.41, 5.74) is 2.29. The van der Waals surface area contributed by atoms with Crippen molar-refractivity contribution in [2.24, 2.45) is 4.99 Å². The molecule has 1 aromatic heterocycles. The first-order chi connectivity index (χ1) is 18.8. The van der Waals surface area contributed by atoms with Gasteiger partial charge in [0, 0.05) is 32.7 Å². The predicted octanol–water partition coefficient (Wildman–Crippen LogP) is 5.82. The normalized spacial score (nSPS) is 18.6. The Labute approximate surface area is 233 Å². The number of aromatic hydroxyl groups is 1. The number of aromatic nitrogens is 1. The fourth-order valence-corrected chi connectivity index (χ4v) is 5.85. The molecular formula is C30H33ClFN5O2. The molecule has 7 nitrogen and oxygen atoms in total. The van der Waals surface area contributed by atoms with Crippen molar-refractivity contribution in [1.29, 1.82) is 0 Å². The van der Waals surface area contributed by atoms with Gasteiger partial charge in [-0.05, 0) is 62.6 Å². The van der Waals surface area contributed by atoms with Gasteiger partial charge in [0.25, 0.3) is 0 Å². The SMILES string of the molecule is CN=C(c1cc(Cl)c(-c2c(O)cccc2F)nc1N(C=O)c1ccccc1C1CCC1)N1CCN(C)CC1C. The number of phenolic OH excluding ortho intramolecular Hbond substituents is 1. The smallest absolute Gasteiger partial charge is 0.219 e. The molecule has 1 saturated carbocycles. The van der Waals surface area contributed by atoms with Crippen molar-refractivity contribution in [1.82, 2.24) is 14.8 Å². The number of phenols is 1. The van der Waals surface area contributed by atoms with Crippen molar-refractivity contribution in [2.75, 3.05) is 38.6 Å². The van der Waals surface area contributed by atoms with Crippen LogP contribution < -0.4 is 4.90 Å². The van der Waals surface area contributed by atoms with E-state index in [1.807, 2.05) is 24.3 Å². The largest absolute Gasteiger partial charge is 0.507 e. The van der Waals surface area contributed by atoms with Gasteiger partial charge in [-0.15, -0.1) is 0 Å². The number of aliphatic imine (C=N–C) groups is 1. The number of piperazine rings is 1. The Hall–Kier alpha value is -3.49. The molecule has 2 heterocycles. The first kappa shape index (κ1) is 27.1. The van der Waals surface area contributed by atoms with Gasteiger partial charge in [0.1, 0.15) is 17.4 Å². The van der Waals surface area contributed by atoms with Crippen LogP contribution in [0.1, 0.15) is 43.2 Å². The van der Waals surface area contributed by atoms with Crippen LogP contribution in [0.2, 0.25) is 5.02 Å². The minimum Gasteiger partial charge on any atom is -0.507 e. The average Bonchev–Trinajstić information content (AvgIpc) is 2.87. The Morgan fingerprint density at radius 1 is 1.21 bits per heavy atom. The van der Waals surface area contributed by atoms with Crippen LogP contribution >= 0.6 is 11.6 Å². The second kappa shape index (κ2) is 11.3. The maximum Gasteiger partial charge on any atom is 0.219 e. The third-order valence-electron chi connectivity index (χ3n) is 7.81. The molecule has 1 aliphatic carbocycles. The number of halogens is 2. The van der Waals surface area contributed by atoms with Gasteiger partial charge in [0.05, 0.1) is 27.5 Å². The first-order valence-corrected chi connectivity index (χ1v) is 13.7. The molecule has 1 unspecified atom stereocenters. The molecule has 0 radical (unpaired) electrons. The molecule has 0 spiro atoms. The first-order valence-electron chi connectivity index (χ1n) is 13.3. The Bertz CT molecular complexity index is 1390. The number of para-hydroxylation sites is 1.